The first-order chi connectivity index (χ1) is 10.4. The lowest BCUT2D eigenvalue weighted by atomic mass is 10.0. The summed E-state index contributed by atoms with van der Waals surface area (Å²) in [6.07, 6.45) is 2.91. The largest absolute Gasteiger partial charge is 0.378 e. The smallest absolute Gasteiger partial charge is 0.228 e. The average Bonchev–Trinajstić information content (AvgIpc) is 3.14. The maximum absolute atomic E-state index is 5.46. The minimum absolute atomic E-state index is 0.280. The van der Waals surface area contributed by atoms with Crippen molar-refractivity contribution in [3.63, 3.8) is 0 Å². The third-order valence-electron chi connectivity index (χ3n) is 4.35. The van der Waals surface area contributed by atoms with E-state index in [1.807, 2.05) is 0 Å². The Kier molecular flexibility index (Phi) is 3.45. The molecule has 0 bridgehead atoms. The van der Waals surface area contributed by atoms with Crippen LogP contribution in [0.25, 0.3) is 0 Å². The van der Waals surface area contributed by atoms with Crippen molar-refractivity contribution in [1.29, 1.82) is 0 Å². The van der Waals surface area contributed by atoms with Gasteiger partial charge >= 0.3 is 0 Å². The van der Waals surface area contributed by atoms with Gasteiger partial charge in [-0.1, -0.05) is 29.4 Å². The summed E-state index contributed by atoms with van der Waals surface area (Å²) < 4.78 is 10.9. The normalized spacial score (nSPS) is 25.0. The van der Waals surface area contributed by atoms with Crippen LogP contribution in [-0.2, 0) is 17.6 Å². The molecule has 2 atom stereocenters. The quantitative estimate of drug-likeness (QED) is 0.929. The number of ether oxygens (including phenoxy) is 1. The van der Waals surface area contributed by atoms with Crippen LogP contribution in [0.5, 0.6) is 0 Å². The number of aryl methyl sites for hydroxylation is 1. The molecule has 1 aliphatic carbocycles. The maximum Gasteiger partial charge on any atom is 0.228 e. The van der Waals surface area contributed by atoms with Gasteiger partial charge in [-0.05, 0) is 24.0 Å². The number of rotatable bonds is 3. The maximum atomic E-state index is 5.46. The van der Waals surface area contributed by atoms with E-state index in [0.29, 0.717) is 12.5 Å². The van der Waals surface area contributed by atoms with Crippen molar-refractivity contribution in [2.45, 2.75) is 31.2 Å². The number of hydrogen-bond acceptors (Lipinski definition) is 5. The second-order valence-corrected chi connectivity index (χ2v) is 5.77. The lowest BCUT2D eigenvalue weighted by molar-refractivity contribution is 0.0744. The molecule has 1 N–H and O–H groups in total. The third kappa shape index (κ3) is 2.59. The summed E-state index contributed by atoms with van der Waals surface area (Å²) in [5.74, 6) is 1.82. The Bertz CT molecular complexity index is 619. The van der Waals surface area contributed by atoms with Gasteiger partial charge in [-0.25, -0.2) is 0 Å². The Morgan fingerprint density at radius 1 is 1.29 bits per heavy atom. The van der Waals surface area contributed by atoms with Gasteiger partial charge in [0, 0.05) is 24.9 Å². The molecule has 1 aliphatic heterocycles. The molecule has 2 aliphatic rings. The van der Waals surface area contributed by atoms with Crippen LogP contribution in [0.4, 0.5) is 0 Å². The molecule has 2 aromatic rings. The van der Waals surface area contributed by atoms with Crippen LogP contribution in [-0.4, -0.2) is 35.9 Å². The fourth-order valence-electron chi connectivity index (χ4n) is 3.28. The van der Waals surface area contributed by atoms with Crippen molar-refractivity contribution in [2.24, 2.45) is 0 Å². The van der Waals surface area contributed by atoms with E-state index in [1.165, 1.54) is 11.1 Å². The Morgan fingerprint density at radius 3 is 3.14 bits per heavy atom. The van der Waals surface area contributed by atoms with Gasteiger partial charge in [0.1, 0.15) is 0 Å². The highest BCUT2D eigenvalue weighted by molar-refractivity contribution is 5.38. The average molecular weight is 285 g/mol. The van der Waals surface area contributed by atoms with E-state index in [4.69, 9.17) is 9.26 Å². The highest BCUT2D eigenvalue weighted by Gasteiger charge is 2.28. The molecule has 0 saturated carbocycles. The summed E-state index contributed by atoms with van der Waals surface area (Å²) in [6, 6.07) is 8.83. The van der Waals surface area contributed by atoms with Crippen LogP contribution < -0.4 is 5.32 Å². The monoisotopic (exact) mass is 285 g/mol. The van der Waals surface area contributed by atoms with Crippen molar-refractivity contribution in [2.75, 3.05) is 19.8 Å². The van der Waals surface area contributed by atoms with Gasteiger partial charge in [0.05, 0.1) is 13.2 Å². The summed E-state index contributed by atoms with van der Waals surface area (Å²) >= 11 is 0. The second kappa shape index (κ2) is 5.58. The molecular formula is C16H19N3O2. The molecule has 110 valence electrons. The summed E-state index contributed by atoms with van der Waals surface area (Å²) in [7, 11) is 0. The van der Waals surface area contributed by atoms with E-state index >= 15 is 0 Å². The lowest BCUT2D eigenvalue weighted by Gasteiger charge is -2.22. The van der Waals surface area contributed by atoms with E-state index < -0.39 is 0 Å². The number of aromatic nitrogens is 2. The Balaban J connectivity index is 1.50. The molecule has 1 fully saturated rings. The molecule has 5 heteroatoms. The molecule has 0 radical (unpaired) electrons. The van der Waals surface area contributed by atoms with Crippen LogP contribution in [0, 0.1) is 0 Å². The molecule has 2 heterocycles. The van der Waals surface area contributed by atoms with Crippen LogP contribution in [0.1, 0.15) is 35.2 Å². The van der Waals surface area contributed by atoms with Crippen molar-refractivity contribution in [3.8, 4) is 0 Å². The SMILES string of the molecule is c1ccc2c(c1)CCC2c1noc(CC2COCCN2)n1. The fourth-order valence-corrected chi connectivity index (χ4v) is 3.28. The van der Waals surface area contributed by atoms with E-state index in [-0.39, 0.29) is 12.0 Å². The Labute approximate surface area is 123 Å². The topological polar surface area (TPSA) is 60.2 Å². The van der Waals surface area contributed by atoms with Gasteiger partial charge in [-0.3, -0.25) is 0 Å². The second-order valence-electron chi connectivity index (χ2n) is 5.77. The van der Waals surface area contributed by atoms with E-state index in [0.717, 1.165) is 38.2 Å². The number of morpholine rings is 1. The molecule has 1 saturated heterocycles. The summed E-state index contributed by atoms with van der Waals surface area (Å²) in [5.41, 5.74) is 2.76. The van der Waals surface area contributed by atoms with Gasteiger partial charge in [0.15, 0.2) is 5.82 Å². The van der Waals surface area contributed by atoms with Crippen molar-refractivity contribution >= 4 is 0 Å². The molecule has 4 rings (SSSR count). The summed E-state index contributed by atoms with van der Waals surface area (Å²) in [6.45, 7) is 2.38. The zero-order valence-electron chi connectivity index (χ0n) is 11.9. The van der Waals surface area contributed by atoms with Crippen molar-refractivity contribution in [1.82, 2.24) is 15.5 Å². The van der Waals surface area contributed by atoms with Crippen LogP contribution in [0.2, 0.25) is 0 Å². The Hall–Kier alpha value is -1.72. The van der Waals surface area contributed by atoms with Gasteiger partial charge in [0.25, 0.3) is 0 Å². The molecule has 1 aromatic carbocycles. The highest BCUT2D eigenvalue weighted by Crippen LogP contribution is 2.36. The fraction of sp³-hybridized carbons (Fsp3) is 0.500. The number of nitrogens with zero attached hydrogens (tertiary/aromatic N) is 2. The Morgan fingerprint density at radius 2 is 2.24 bits per heavy atom. The number of benzene rings is 1. The van der Waals surface area contributed by atoms with E-state index in [9.17, 15) is 0 Å². The van der Waals surface area contributed by atoms with E-state index in [2.05, 4.69) is 39.7 Å². The number of nitrogens with one attached hydrogen (secondary N) is 1. The van der Waals surface area contributed by atoms with Crippen LogP contribution in [0.3, 0.4) is 0 Å². The number of hydrogen-bond donors (Lipinski definition) is 1. The highest BCUT2D eigenvalue weighted by atomic mass is 16.5. The zero-order valence-corrected chi connectivity index (χ0v) is 11.9. The van der Waals surface area contributed by atoms with Crippen LogP contribution >= 0.6 is 0 Å². The summed E-state index contributed by atoms with van der Waals surface area (Å²) in [4.78, 5) is 4.61. The first kappa shape index (κ1) is 13.0. The molecule has 2 unspecified atom stereocenters. The molecule has 1 aromatic heterocycles. The molecule has 0 spiro atoms. The minimum Gasteiger partial charge on any atom is -0.378 e. The first-order valence-corrected chi connectivity index (χ1v) is 7.61. The number of fused-ring (bicyclic) bond motifs is 1. The van der Waals surface area contributed by atoms with Gasteiger partial charge in [0.2, 0.25) is 5.89 Å². The summed E-state index contributed by atoms with van der Waals surface area (Å²) in [5, 5.41) is 7.62. The van der Waals surface area contributed by atoms with Gasteiger partial charge in [-0.15, -0.1) is 0 Å². The van der Waals surface area contributed by atoms with E-state index in [1.54, 1.807) is 0 Å². The van der Waals surface area contributed by atoms with Crippen LogP contribution in [0.15, 0.2) is 28.8 Å². The van der Waals surface area contributed by atoms with Gasteiger partial charge < -0.3 is 14.6 Å². The first-order valence-electron chi connectivity index (χ1n) is 7.61. The third-order valence-corrected chi connectivity index (χ3v) is 4.35. The lowest BCUT2D eigenvalue weighted by Crippen LogP contribution is -2.42. The minimum atomic E-state index is 0.280. The van der Waals surface area contributed by atoms with Crippen molar-refractivity contribution < 1.29 is 9.26 Å². The van der Waals surface area contributed by atoms with Gasteiger partial charge in [-0.2, -0.15) is 4.98 Å². The molecule has 21 heavy (non-hydrogen) atoms. The predicted molar refractivity (Wildman–Crippen MR) is 77.2 cm³/mol. The van der Waals surface area contributed by atoms with Crippen molar-refractivity contribution in [3.05, 3.63) is 47.1 Å². The zero-order chi connectivity index (χ0) is 14.1. The predicted octanol–water partition coefficient (Wildman–Crippen LogP) is 1.68. The standard InChI is InChI=1S/C16H19N3O2/c1-2-4-13-11(3-1)5-6-14(13)16-18-15(21-19-16)9-12-10-20-8-7-17-12/h1-4,12,14,17H,5-10H2. The molecule has 5 nitrogen and oxygen atoms in total. The molecule has 0 amide bonds. The molecular weight excluding hydrogens is 266 g/mol.